The van der Waals surface area contributed by atoms with Crippen LogP contribution in [0.15, 0.2) is 65.7 Å². The number of hydrogen-bond acceptors (Lipinski definition) is 2. The molecule has 3 nitrogen and oxygen atoms in total. The molecule has 4 rings (SSSR count). The number of hydrogen-bond donors (Lipinski definition) is 0. The normalized spacial score (nSPS) is 11.7. The van der Waals surface area contributed by atoms with Crippen LogP contribution >= 0.6 is 15.9 Å². The first kappa shape index (κ1) is 18.9. The third-order valence-electron chi connectivity index (χ3n) is 5.16. The Bertz CT molecular complexity index is 1100. The largest absolute Gasteiger partial charge is 0.286 e. The summed E-state index contributed by atoms with van der Waals surface area (Å²) >= 11 is 3.70. The molecule has 4 aromatic rings. The zero-order valence-corrected chi connectivity index (χ0v) is 18.2. The fraction of sp³-hybridized carbons (Fsp3) is 0.250. The van der Waals surface area contributed by atoms with E-state index in [0.29, 0.717) is 11.8 Å². The molecule has 0 saturated carbocycles. The monoisotopic (exact) mass is 433 g/mol. The van der Waals surface area contributed by atoms with Crippen molar-refractivity contribution < 1.29 is 0 Å². The second-order valence-electron chi connectivity index (χ2n) is 7.76. The molecule has 0 aliphatic heterocycles. The van der Waals surface area contributed by atoms with E-state index in [4.69, 9.17) is 0 Å². The fourth-order valence-corrected chi connectivity index (χ4v) is 4.29. The van der Waals surface area contributed by atoms with Crippen LogP contribution in [-0.4, -0.2) is 14.5 Å². The minimum atomic E-state index is 0.377. The van der Waals surface area contributed by atoms with Crippen LogP contribution in [0.5, 0.6) is 0 Å². The molecule has 0 saturated heterocycles. The van der Waals surface area contributed by atoms with E-state index >= 15 is 0 Å². The lowest BCUT2D eigenvalue weighted by Crippen LogP contribution is -2.08. The highest BCUT2D eigenvalue weighted by atomic mass is 79.9. The highest BCUT2D eigenvalue weighted by Crippen LogP contribution is 2.38. The van der Waals surface area contributed by atoms with Crippen LogP contribution in [0.3, 0.4) is 0 Å². The molecule has 28 heavy (non-hydrogen) atoms. The number of pyridine rings is 1. The van der Waals surface area contributed by atoms with E-state index in [-0.39, 0.29) is 0 Å². The van der Waals surface area contributed by atoms with Crippen LogP contribution in [-0.2, 0) is 0 Å². The predicted octanol–water partition coefficient (Wildman–Crippen LogP) is 7.10. The van der Waals surface area contributed by atoms with Gasteiger partial charge in [-0.05, 0) is 68.2 Å². The molecule has 2 aromatic carbocycles. The standard InChI is InChI=1S/C24H24BrN3/c1-15(2)19-12-18(17-8-6-5-7-9-17)13-20(16(3)4)23(19)28-22-10-11-26-14-21(22)27-24(28)25/h5-16H,1-4H3. The average Bonchev–Trinajstić information content (AvgIpc) is 3.03. The molecule has 0 fully saturated rings. The Labute approximate surface area is 174 Å². The maximum atomic E-state index is 4.69. The minimum absolute atomic E-state index is 0.377. The van der Waals surface area contributed by atoms with Crippen molar-refractivity contribution in [3.8, 4) is 16.8 Å². The quantitative estimate of drug-likeness (QED) is 0.343. The van der Waals surface area contributed by atoms with Gasteiger partial charge in [0.25, 0.3) is 0 Å². The Kier molecular flexibility index (Phi) is 5.07. The Morgan fingerprint density at radius 1 is 0.857 bits per heavy atom. The first-order valence-corrected chi connectivity index (χ1v) is 10.5. The van der Waals surface area contributed by atoms with Crippen molar-refractivity contribution in [2.45, 2.75) is 39.5 Å². The molecule has 4 heteroatoms. The predicted molar refractivity (Wildman–Crippen MR) is 120 cm³/mol. The molecule has 0 aliphatic rings. The molecule has 2 heterocycles. The second-order valence-corrected chi connectivity index (χ2v) is 8.47. The van der Waals surface area contributed by atoms with E-state index in [1.54, 1.807) is 0 Å². The van der Waals surface area contributed by atoms with Crippen LogP contribution in [0.4, 0.5) is 0 Å². The SMILES string of the molecule is CC(C)c1cc(-c2ccccc2)cc(C(C)C)c1-n1c(Br)nc2cnccc21. The highest BCUT2D eigenvalue weighted by molar-refractivity contribution is 9.10. The topological polar surface area (TPSA) is 30.7 Å². The molecule has 0 radical (unpaired) electrons. The van der Waals surface area contributed by atoms with Gasteiger partial charge >= 0.3 is 0 Å². The lowest BCUT2D eigenvalue weighted by Gasteiger charge is -2.23. The van der Waals surface area contributed by atoms with Crippen LogP contribution in [0.2, 0.25) is 0 Å². The van der Waals surface area contributed by atoms with Crippen molar-refractivity contribution in [2.75, 3.05) is 0 Å². The van der Waals surface area contributed by atoms with Gasteiger partial charge in [0.2, 0.25) is 0 Å². The average molecular weight is 434 g/mol. The molecule has 0 atom stereocenters. The molecule has 142 valence electrons. The maximum absolute atomic E-state index is 4.69. The van der Waals surface area contributed by atoms with Crippen molar-refractivity contribution in [1.29, 1.82) is 0 Å². The number of aromatic nitrogens is 3. The fourth-order valence-electron chi connectivity index (χ4n) is 3.73. The summed E-state index contributed by atoms with van der Waals surface area (Å²) in [5.74, 6) is 0.754. The Morgan fingerprint density at radius 2 is 1.50 bits per heavy atom. The van der Waals surface area contributed by atoms with Gasteiger partial charge in [-0.3, -0.25) is 9.55 Å². The summed E-state index contributed by atoms with van der Waals surface area (Å²) in [6.07, 6.45) is 3.65. The Morgan fingerprint density at radius 3 is 2.11 bits per heavy atom. The summed E-state index contributed by atoms with van der Waals surface area (Å²) in [6.45, 7) is 9.02. The van der Waals surface area contributed by atoms with Crippen molar-refractivity contribution in [3.63, 3.8) is 0 Å². The second kappa shape index (κ2) is 7.51. The van der Waals surface area contributed by atoms with E-state index < -0.39 is 0 Å². The number of rotatable bonds is 4. The molecular formula is C24H24BrN3. The summed E-state index contributed by atoms with van der Waals surface area (Å²) in [5.41, 5.74) is 8.34. The molecular weight excluding hydrogens is 410 g/mol. The van der Waals surface area contributed by atoms with Gasteiger partial charge in [-0.2, -0.15) is 0 Å². The summed E-state index contributed by atoms with van der Waals surface area (Å²) < 4.78 is 3.04. The van der Waals surface area contributed by atoms with Crippen molar-refractivity contribution in [1.82, 2.24) is 14.5 Å². The Balaban J connectivity index is 2.07. The van der Waals surface area contributed by atoms with Gasteiger partial charge in [0.15, 0.2) is 4.73 Å². The third-order valence-corrected chi connectivity index (χ3v) is 5.69. The zero-order chi connectivity index (χ0) is 19.8. The van der Waals surface area contributed by atoms with E-state index in [0.717, 1.165) is 15.8 Å². The van der Waals surface area contributed by atoms with Crippen LogP contribution in [0.25, 0.3) is 27.8 Å². The number of nitrogens with zero attached hydrogens (tertiary/aromatic N) is 3. The van der Waals surface area contributed by atoms with Crippen molar-refractivity contribution in [2.24, 2.45) is 0 Å². The van der Waals surface area contributed by atoms with Gasteiger partial charge in [0.05, 0.1) is 17.4 Å². The van der Waals surface area contributed by atoms with E-state index in [9.17, 15) is 0 Å². The first-order valence-electron chi connectivity index (χ1n) is 9.69. The minimum Gasteiger partial charge on any atom is -0.286 e. The molecule has 0 bridgehead atoms. The molecule has 0 amide bonds. The van der Waals surface area contributed by atoms with Gasteiger partial charge in [-0.1, -0.05) is 58.0 Å². The van der Waals surface area contributed by atoms with E-state index in [2.05, 4.69) is 101 Å². The summed E-state index contributed by atoms with van der Waals surface area (Å²) in [5, 5.41) is 0. The first-order chi connectivity index (χ1) is 13.5. The molecule has 0 unspecified atom stereocenters. The maximum Gasteiger partial charge on any atom is 0.182 e. The molecule has 2 aromatic heterocycles. The zero-order valence-electron chi connectivity index (χ0n) is 16.6. The van der Waals surface area contributed by atoms with E-state index in [1.807, 2.05) is 18.5 Å². The molecule has 0 spiro atoms. The van der Waals surface area contributed by atoms with Gasteiger partial charge in [-0.25, -0.2) is 4.98 Å². The Hall–Kier alpha value is -2.46. The van der Waals surface area contributed by atoms with Gasteiger partial charge in [0.1, 0.15) is 5.52 Å². The lowest BCUT2D eigenvalue weighted by atomic mass is 9.88. The third kappa shape index (κ3) is 3.26. The molecule has 0 aliphatic carbocycles. The summed E-state index contributed by atoms with van der Waals surface area (Å²) in [4.78, 5) is 8.92. The van der Waals surface area contributed by atoms with Gasteiger partial charge in [-0.15, -0.1) is 0 Å². The lowest BCUT2D eigenvalue weighted by molar-refractivity contribution is 0.806. The van der Waals surface area contributed by atoms with Gasteiger partial charge in [0, 0.05) is 6.20 Å². The van der Waals surface area contributed by atoms with Gasteiger partial charge < -0.3 is 0 Å². The summed E-state index contributed by atoms with van der Waals surface area (Å²) in [7, 11) is 0. The molecule has 0 N–H and O–H groups in total. The van der Waals surface area contributed by atoms with Crippen LogP contribution in [0, 0.1) is 0 Å². The number of imidazole rings is 1. The van der Waals surface area contributed by atoms with E-state index in [1.165, 1.54) is 27.9 Å². The smallest absolute Gasteiger partial charge is 0.182 e. The van der Waals surface area contributed by atoms with Crippen molar-refractivity contribution in [3.05, 3.63) is 76.8 Å². The van der Waals surface area contributed by atoms with Crippen LogP contribution in [0.1, 0.15) is 50.7 Å². The summed E-state index contributed by atoms with van der Waals surface area (Å²) in [6, 6.07) is 17.3. The van der Waals surface area contributed by atoms with Crippen molar-refractivity contribution >= 4 is 27.0 Å². The number of halogens is 1. The number of fused-ring (bicyclic) bond motifs is 1. The van der Waals surface area contributed by atoms with Crippen LogP contribution < -0.4 is 0 Å². The highest BCUT2D eigenvalue weighted by Gasteiger charge is 2.21. The number of benzene rings is 2.